The molecule has 3 aromatic rings. The van der Waals surface area contributed by atoms with Crippen molar-refractivity contribution in [2.24, 2.45) is 0 Å². The molecule has 1 aliphatic carbocycles. The Morgan fingerprint density at radius 2 is 2.19 bits per heavy atom. The van der Waals surface area contributed by atoms with Gasteiger partial charge in [-0.2, -0.15) is 0 Å². The van der Waals surface area contributed by atoms with Crippen LogP contribution in [0.2, 0.25) is 0 Å². The van der Waals surface area contributed by atoms with Crippen LogP contribution in [0.15, 0.2) is 30.5 Å². The summed E-state index contributed by atoms with van der Waals surface area (Å²) in [6.07, 6.45) is 5.26. The van der Waals surface area contributed by atoms with Gasteiger partial charge >= 0.3 is 0 Å². The topological polar surface area (TPSA) is 42.1 Å². The van der Waals surface area contributed by atoms with E-state index in [-0.39, 0.29) is 5.78 Å². The fourth-order valence-electron chi connectivity index (χ4n) is 2.99. The maximum absolute atomic E-state index is 12.8. The number of rotatable bonds is 3. The molecule has 2 aromatic heterocycles. The minimum Gasteiger partial charge on any atom is -0.497 e. The van der Waals surface area contributed by atoms with E-state index in [1.807, 2.05) is 18.2 Å². The van der Waals surface area contributed by atoms with Crippen molar-refractivity contribution in [3.63, 3.8) is 0 Å². The number of thiophene rings is 1. The molecule has 4 rings (SSSR count). The largest absolute Gasteiger partial charge is 0.497 e. The Balaban J connectivity index is 1.79. The van der Waals surface area contributed by atoms with E-state index in [9.17, 15) is 4.79 Å². The summed E-state index contributed by atoms with van der Waals surface area (Å²) in [6, 6.07) is 7.83. The minimum absolute atomic E-state index is 0.105. The number of nitrogens with one attached hydrogen (secondary N) is 1. The van der Waals surface area contributed by atoms with Crippen LogP contribution >= 0.6 is 11.3 Å². The molecule has 106 valence electrons. The lowest BCUT2D eigenvalue weighted by Gasteiger charge is -2.01. The SMILES string of the molecule is COc1ccc2[nH]cc(C(=O)c3cc4c(s3)CCC4)c2c1. The van der Waals surface area contributed by atoms with Crippen LogP contribution in [0.4, 0.5) is 0 Å². The molecule has 1 aromatic carbocycles. The van der Waals surface area contributed by atoms with Crippen molar-refractivity contribution in [2.75, 3.05) is 7.11 Å². The van der Waals surface area contributed by atoms with Gasteiger partial charge in [-0.15, -0.1) is 11.3 Å². The van der Waals surface area contributed by atoms with E-state index in [1.54, 1.807) is 24.6 Å². The van der Waals surface area contributed by atoms with Crippen LogP contribution in [-0.4, -0.2) is 17.9 Å². The normalized spacial score (nSPS) is 13.6. The molecule has 1 aliphatic rings. The van der Waals surface area contributed by atoms with Crippen molar-refractivity contribution in [1.82, 2.24) is 4.98 Å². The van der Waals surface area contributed by atoms with Gasteiger partial charge in [0.15, 0.2) is 0 Å². The number of ether oxygens (including phenoxy) is 1. The van der Waals surface area contributed by atoms with Crippen molar-refractivity contribution in [3.05, 3.63) is 51.3 Å². The summed E-state index contributed by atoms with van der Waals surface area (Å²) in [4.78, 5) is 18.2. The first-order valence-electron chi connectivity index (χ1n) is 7.07. The summed E-state index contributed by atoms with van der Waals surface area (Å²) in [5.74, 6) is 0.874. The zero-order valence-electron chi connectivity index (χ0n) is 11.7. The summed E-state index contributed by atoms with van der Waals surface area (Å²) in [6.45, 7) is 0. The van der Waals surface area contributed by atoms with E-state index in [0.717, 1.165) is 39.9 Å². The van der Waals surface area contributed by atoms with Gasteiger partial charge in [0.1, 0.15) is 5.75 Å². The molecular formula is C17H15NO2S. The van der Waals surface area contributed by atoms with Crippen LogP contribution in [0.5, 0.6) is 5.75 Å². The number of hydrogen-bond donors (Lipinski definition) is 1. The summed E-state index contributed by atoms with van der Waals surface area (Å²) in [5, 5.41) is 0.924. The van der Waals surface area contributed by atoms with Crippen molar-refractivity contribution >= 4 is 28.0 Å². The zero-order valence-corrected chi connectivity index (χ0v) is 12.5. The van der Waals surface area contributed by atoms with Gasteiger partial charge in [-0.05, 0) is 49.1 Å². The van der Waals surface area contributed by atoms with Crippen LogP contribution in [0.25, 0.3) is 10.9 Å². The van der Waals surface area contributed by atoms with E-state index in [1.165, 1.54) is 16.9 Å². The van der Waals surface area contributed by atoms with E-state index in [0.29, 0.717) is 0 Å². The van der Waals surface area contributed by atoms with Gasteiger partial charge < -0.3 is 9.72 Å². The highest BCUT2D eigenvalue weighted by atomic mass is 32.1. The summed E-state index contributed by atoms with van der Waals surface area (Å²) in [7, 11) is 1.64. The maximum atomic E-state index is 12.8. The third kappa shape index (κ3) is 1.98. The van der Waals surface area contributed by atoms with Crippen LogP contribution in [0, 0.1) is 0 Å². The second-order valence-corrected chi connectivity index (χ2v) is 6.49. The summed E-state index contributed by atoms with van der Waals surface area (Å²) >= 11 is 1.65. The number of benzene rings is 1. The van der Waals surface area contributed by atoms with Gasteiger partial charge in [-0.25, -0.2) is 0 Å². The van der Waals surface area contributed by atoms with Gasteiger partial charge in [0.2, 0.25) is 5.78 Å². The number of hydrogen-bond acceptors (Lipinski definition) is 3. The molecule has 0 saturated heterocycles. The number of aromatic nitrogens is 1. The molecule has 0 bridgehead atoms. The molecule has 3 nitrogen and oxygen atoms in total. The Morgan fingerprint density at radius 1 is 1.29 bits per heavy atom. The Morgan fingerprint density at radius 3 is 3.00 bits per heavy atom. The van der Waals surface area contributed by atoms with Gasteiger partial charge in [0.25, 0.3) is 0 Å². The predicted octanol–water partition coefficient (Wildman–Crippen LogP) is 3.96. The molecule has 0 spiro atoms. The first kappa shape index (κ1) is 12.7. The summed E-state index contributed by atoms with van der Waals surface area (Å²) < 4.78 is 5.26. The Labute approximate surface area is 126 Å². The number of aryl methyl sites for hydroxylation is 2. The lowest BCUT2D eigenvalue weighted by atomic mass is 10.1. The number of aromatic amines is 1. The Hall–Kier alpha value is -2.07. The van der Waals surface area contributed by atoms with Crippen LogP contribution in [0.1, 0.15) is 32.1 Å². The average Bonchev–Trinajstić information content (AvgIpc) is 3.19. The number of carbonyl (C=O) groups excluding carboxylic acids is 1. The number of methoxy groups -OCH3 is 1. The van der Waals surface area contributed by atoms with Crippen molar-refractivity contribution in [1.29, 1.82) is 0 Å². The monoisotopic (exact) mass is 297 g/mol. The first-order chi connectivity index (χ1) is 10.3. The molecule has 4 heteroatoms. The van der Waals surface area contributed by atoms with Crippen molar-refractivity contribution < 1.29 is 9.53 Å². The average molecular weight is 297 g/mol. The second-order valence-electron chi connectivity index (χ2n) is 5.36. The molecule has 2 heterocycles. The van der Waals surface area contributed by atoms with E-state index >= 15 is 0 Å². The molecule has 1 N–H and O–H groups in total. The lowest BCUT2D eigenvalue weighted by molar-refractivity contribution is 0.104. The third-order valence-electron chi connectivity index (χ3n) is 4.10. The molecule has 0 unspecified atom stereocenters. The second kappa shape index (κ2) is 4.74. The predicted molar refractivity (Wildman–Crippen MR) is 84.6 cm³/mol. The van der Waals surface area contributed by atoms with Crippen molar-refractivity contribution in [2.45, 2.75) is 19.3 Å². The van der Waals surface area contributed by atoms with Crippen LogP contribution in [-0.2, 0) is 12.8 Å². The number of fused-ring (bicyclic) bond motifs is 2. The van der Waals surface area contributed by atoms with E-state index in [4.69, 9.17) is 4.74 Å². The fourth-order valence-corrected chi connectivity index (χ4v) is 4.20. The van der Waals surface area contributed by atoms with Gasteiger partial charge in [-0.3, -0.25) is 4.79 Å². The van der Waals surface area contributed by atoms with E-state index < -0.39 is 0 Å². The molecule has 0 amide bonds. The van der Waals surface area contributed by atoms with Gasteiger partial charge in [-0.1, -0.05) is 0 Å². The molecule has 0 radical (unpaired) electrons. The molecular weight excluding hydrogens is 282 g/mol. The molecule has 0 fully saturated rings. The number of ketones is 1. The summed E-state index contributed by atoms with van der Waals surface area (Å²) in [5.41, 5.74) is 3.05. The first-order valence-corrected chi connectivity index (χ1v) is 7.89. The highest BCUT2D eigenvalue weighted by Gasteiger charge is 2.21. The number of carbonyl (C=O) groups is 1. The minimum atomic E-state index is 0.105. The highest BCUT2D eigenvalue weighted by Crippen LogP contribution is 2.33. The quantitative estimate of drug-likeness (QED) is 0.744. The zero-order chi connectivity index (χ0) is 14.4. The third-order valence-corrected chi connectivity index (χ3v) is 5.34. The van der Waals surface area contributed by atoms with Gasteiger partial charge in [0.05, 0.1) is 12.0 Å². The fraction of sp³-hybridized carbons (Fsp3) is 0.235. The van der Waals surface area contributed by atoms with Crippen LogP contribution in [0.3, 0.4) is 0 Å². The van der Waals surface area contributed by atoms with Crippen molar-refractivity contribution in [3.8, 4) is 5.75 Å². The highest BCUT2D eigenvalue weighted by molar-refractivity contribution is 7.14. The maximum Gasteiger partial charge on any atom is 0.205 e. The standard InChI is InChI=1S/C17H15NO2S/c1-20-11-5-6-14-12(8-11)13(9-18-14)17(19)16-7-10-3-2-4-15(10)21-16/h5-9,18H,2-4H2,1H3. The lowest BCUT2D eigenvalue weighted by Crippen LogP contribution is -1.97. The molecule has 0 aliphatic heterocycles. The Kier molecular flexibility index (Phi) is 2.86. The molecule has 0 saturated carbocycles. The van der Waals surface area contributed by atoms with Gasteiger partial charge in [0, 0.05) is 27.5 Å². The Bertz CT molecular complexity index is 822. The van der Waals surface area contributed by atoms with E-state index in [2.05, 4.69) is 11.1 Å². The molecule has 0 atom stereocenters. The number of H-pyrrole nitrogens is 1. The molecule has 21 heavy (non-hydrogen) atoms. The smallest absolute Gasteiger partial charge is 0.205 e. The van der Waals surface area contributed by atoms with Crippen LogP contribution < -0.4 is 4.74 Å².